The van der Waals surface area contributed by atoms with Crippen LogP contribution in [0.25, 0.3) is 0 Å². The molecule has 4 N–H and O–H groups in total. The molecule has 2 aromatic carbocycles. The van der Waals surface area contributed by atoms with Gasteiger partial charge in [0.15, 0.2) is 6.04 Å². The number of aromatic hydroxyl groups is 1. The molecule has 1 unspecified atom stereocenters. The molecule has 2 atom stereocenters. The van der Waals surface area contributed by atoms with E-state index in [-0.39, 0.29) is 31.4 Å². The Bertz CT molecular complexity index is 1190. The van der Waals surface area contributed by atoms with Crippen molar-refractivity contribution < 1.29 is 28.5 Å². The van der Waals surface area contributed by atoms with Gasteiger partial charge in [-0.25, -0.2) is 0 Å². The molecule has 3 rings (SSSR count). The molecule has 0 amide bonds. The summed E-state index contributed by atoms with van der Waals surface area (Å²) in [6.07, 6.45) is 1.42. The Kier molecular flexibility index (Phi) is 10.5. The fraction of sp³-hybridized carbons (Fsp3) is 0.333. The number of aromatic nitrogens is 1. The molecule has 0 saturated heterocycles. The number of pyridine rings is 1. The minimum absolute atomic E-state index is 0.0126. The molecule has 1 aromatic heterocycles. The zero-order chi connectivity index (χ0) is 26.8. The highest BCUT2D eigenvalue weighted by Gasteiger charge is 2.32. The minimum atomic E-state index is -2.45. The normalized spacial score (nSPS) is 12.3. The van der Waals surface area contributed by atoms with E-state index in [2.05, 4.69) is 10.1 Å². The van der Waals surface area contributed by atoms with Crippen molar-refractivity contribution in [2.24, 2.45) is 5.73 Å². The van der Waals surface area contributed by atoms with Gasteiger partial charge in [0.25, 0.3) is 0 Å². The molecule has 0 spiro atoms. The van der Waals surface area contributed by atoms with Gasteiger partial charge >= 0.3 is 14.1 Å². The van der Waals surface area contributed by atoms with Crippen LogP contribution in [0.15, 0.2) is 60.8 Å². The van der Waals surface area contributed by atoms with Gasteiger partial charge in [-0.1, -0.05) is 47.6 Å². The highest BCUT2D eigenvalue weighted by Crippen LogP contribution is 2.28. The van der Waals surface area contributed by atoms with E-state index < -0.39 is 20.2 Å². The fourth-order valence-electron chi connectivity index (χ4n) is 3.52. The second-order valence-corrected chi connectivity index (χ2v) is 9.75. The second-order valence-electron chi connectivity index (χ2n) is 8.72. The quantitative estimate of drug-likeness (QED) is 0.218. The van der Waals surface area contributed by atoms with Gasteiger partial charge in [-0.15, -0.1) is 4.52 Å². The first-order chi connectivity index (χ1) is 17.8. The average molecular weight is 527 g/mol. The molecule has 0 aliphatic rings. The van der Waals surface area contributed by atoms with Crippen LogP contribution in [0.5, 0.6) is 11.5 Å². The highest BCUT2D eigenvalue weighted by molar-refractivity contribution is 7.36. The lowest BCUT2D eigenvalue weighted by Crippen LogP contribution is -2.37. The smallest absolute Gasteiger partial charge is 0.506 e. The van der Waals surface area contributed by atoms with Crippen LogP contribution in [0.2, 0.25) is 0 Å². The molecule has 0 radical (unpaired) electrons. The summed E-state index contributed by atoms with van der Waals surface area (Å²) in [5.41, 5.74) is 9.06. The van der Waals surface area contributed by atoms with Crippen molar-refractivity contribution in [2.75, 3.05) is 0 Å². The van der Waals surface area contributed by atoms with Crippen molar-refractivity contribution in [2.45, 2.75) is 59.1 Å². The lowest BCUT2D eigenvalue weighted by atomic mass is 10.1. The summed E-state index contributed by atoms with van der Waals surface area (Å²) in [5, 5.41) is 12.9. The Morgan fingerprint density at radius 2 is 1.78 bits per heavy atom. The molecular formula is C27H33N3O6P+. The van der Waals surface area contributed by atoms with Gasteiger partial charge in [-0.3, -0.25) is 9.78 Å². The number of nitrogens with one attached hydrogen (secondary N) is 1. The van der Waals surface area contributed by atoms with Crippen LogP contribution >= 0.6 is 8.18 Å². The number of hydrogen-bond donors (Lipinski definition) is 3. The molecule has 0 saturated carbocycles. The largest absolute Gasteiger partial charge is 0.614 e. The summed E-state index contributed by atoms with van der Waals surface area (Å²) < 4.78 is 29.3. The van der Waals surface area contributed by atoms with Crippen molar-refractivity contribution in [1.82, 2.24) is 10.1 Å². The Morgan fingerprint density at radius 1 is 1.08 bits per heavy atom. The molecule has 10 heteroatoms. The monoisotopic (exact) mass is 526 g/mol. The van der Waals surface area contributed by atoms with E-state index in [1.165, 1.54) is 6.20 Å². The van der Waals surface area contributed by atoms with E-state index in [0.29, 0.717) is 29.2 Å². The second kappa shape index (κ2) is 13.8. The van der Waals surface area contributed by atoms with Crippen LogP contribution in [-0.2, 0) is 44.8 Å². The van der Waals surface area contributed by atoms with E-state index in [1.807, 2.05) is 54.6 Å². The molecule has 0 aliphatic carbocycles. The number of carbonyl (C=O) groups excluding carboxylic acids is 1. The third-order valence-corrected chi connectivity index (χ3v) is 6.37. The molecule has 9 nitrogen and oxygen atoms in total. The number of nitrogens with two attached hydrogens (primary N) is 1. The zero-order valence-corrected chi connectivity index (χ0v) is 22.1. The van der Waals surface area contributed by atoms with Gasteiger partial charge in [-0.05, 0) is 48.6 Å². The summed E-state index contributed by atoms with van der Waals surface area (Å²) in [5.74, 6) is 0.145. The van der Waals surface area contributed by atoms with Gasteiger partial charge < -0.3 is 20.3 Å². The van der Waals surface area contributed by atoms with Crippen LogP contribution < -0.4 is 15.6 Å². The van der Waals surface area contributed by atoms with Crippen molar-refractivity contribution in [3.05, 3.63) is 88.7 Å². The maximum Gasteiger partial charge on any atom is 0.614 e. The van der Waals surface area contributed by atoms with Crippen molar-refractivity contribution in [3.63, 3.8) is 0 Å². The van der Waals surface area contributed by atoms with Crippen LogP contribution in [0.3, 0.4) is 0 Å². The van der Waals surface area contributed by atoms with E-state index >= 15 is 0 Å². The summed E-state index contributed by atoms with van der Waals surface area (Å²) in [6, 6.07) is 16.3. The Labute approximate surface area is 217 Å². The number of hydrogen-bond acceptors (Lipinski definition) is 8. The molecule has 0 aliphatic heterocycles. The van der Waals surface area contributed by atoms with Gasteiger partial charge in [-0.2, -0.15) is 0 Å². The fourth-order valence-corrected chi connectivity index (χ4v) is 4.31. The first-order valence-electron chi connectivity index (χ1n) is 12.0. The first-order valence-corrected chi connectivity index (χ1v) is 13.1. The minimum Gasteiger partial charge on any atom is -0.506 e. The lowest BCUT2D eigenvalue weighted by molar-refractivity contribution is -0.149. The van der Waals surface area contributed by atoms with E-state index in [0.717, 1.165) is 11.1 Å². The number of nitrogens with zero attached hydrogens (tertiary/aromatic N) is 1. The summed E-state index contributed by atoms with van der Waals surface area (Å²) in [4.78, 5) is 16.8. The highest BCUT2D eigenvalue weighted by atomic mass is 31.1. The van der Waals surface area contributed by atoms with Crippen molar-refractivity contribution >= 4 is 14.1 Å². The number of esters is 1. The maximum atomic E-state index is 12.7. The third-order valence-electron chi connectivity index (χ3n) is 5.48. The Hall–Kier alpha value is -3.36. The van der Waals surface area contributed by atoms with Gasteiger partial charge in [0.1, 0.15) is 24.7 Å². The van der Waals surface area contributed by atoms with Gasteiger partial charge in [0.05, 0.1) is 11.8 Å². The third kappa shape index (κ3) is 8.61. The van der Waals surface area contributed by atoms with E-state index in [9.17, 15) is 14.5 Å². The van der Waals surface area contributed by atoms with Crippen LogP contribution in [0.1, 0.15) is 41.8 Å². The van der Waals surface area contributed by atoms with Crippen molar-refractivity contribution in [1.29, 1.82) is 0 Å². The maximum absolute atomic E-state index is 12.7. The van der Waals surface area contributed by atoms with Gasteiger partial charge in [0, 0.05) is 30.3 Å². The Morgan fingerprint density at radius 3 is 2.43 bits per heavy atom. The average Bonchev–Trinajstić information content (AvgIpc) is 2.88. The van der Waals surface area contributed by atoms with Crippen LogP contribution in [-0.4, -0.2) is 28.2 Å². The molecule has 3 aromatic rings. The van der Waals surface area contributed by atoms with Crippen LogP contribution in [0, 0.1) is 6.92 Å². The SMILES string of the molecule is Cc1ncc(CO[P+](=O)N[C@@H](Cc2ccc(OCc3ccccc3)cc2)C(=O)OC(C)C)c(CN)c1O. The molecule has 37 heavy (non-hydrogen) atoms. The zero-order valence-electron chi connectivity index (χ0n) is 21.2. The number of rotatable bonds is 13. The standard InChI is InChI=1S/C27H32N3O6P/c1-18(2)36-27(32)25(30-37(33)35-17-22-15-29-19(3)26(31)24(22)14-28)13-20-9-11-23(12-10-20)34-16-21-7-5-4-6-8-21/h4-12,15,18,25H,13-14,16-17,28H2,1-3H3,(H-,30,31,33)/p+1/t25-/m0/s1. The molecule has 0 bridgehead atoms. The predicted octanol–water partition coefficient (Wildman–Crippen LogP) is 4.46. The molecular weight excluding hydrogens is 493 g/mol. The number of carbonyl (C=O) groups is 1. The lowest BCUT2D eigenvalue weighted by Gasteiger charge is -2.15. The van der Waals surface area contributed by atoms with Crippen molar-refractivity contribution in [3.8, 4) is 11.5 Å². The summed E-state index contributed by atoms with van der Waals surface area (Å²) in [7, 11) is -2.45. The van der Waals surface area contributed by atoms with Crippen LogP contribution in [0.4, 0.5) is 0 Å². The topological polar surface area (TPSA) is 133 Å². The number of benzene rings is 2. The first kappa shape index (κ1) is 28.2. The van der Waals surface area contributed by atoms with E-state index in [4.69, 9.17) is 19.7 Å². The number of ether oxygens (including phenoxy) is 2. The molecule has 1 heterocycles. The van der Waals surface area contributed by atoms with Gasteiger partial charge in [0.2, 0.25) is 0 Å². The summed E-state index contributed by atoms with van der Waals surface area (Å²) >= 11 is 0. The molecule has 0 fully saturated rings. The Balaban J connectivity index is 1.62. The predicted molar refractivity (Wildman–Crippen MR) is 140 cm³/mol. The van der Waals surface area contributed by atoms with E-state index in [1.54, 1.807) is 20.8 Å². The summed E-state index contributed by atoms with van der Waals surface area (Å²) in [6.45, 7) is 5.57. The number of aryl methyl sites for hydroxylation is 1. The molecule has 196 valence electrons.